The van der Waals surface area contributed by atoms with Crippen molar-refractivity contribution < 1.29 is 9.13 Å². The van der Waals surface area contributed by atoms with Gasteiger partial charge in [0.25, 0.3) is 0 Å². The van der Waals surface area contributed by atoms with Gasteiger partial charge in [-0.1, -0.05) is 6.07 Å². The molecule has 6 rings (SSSR count). The number of benzene rings is 2. The van der Waals surface area contributed by atoms with E-state index in [0.29, 0.717) is 10.7 Å². The Kier molecular flexibility index (Phi) is 6.83. The zero-order valence-electron chi connectivity index (χ0n) is 22.4. The lowest BCUT2D eigenvalue weighted by atomic mass is 9.96. The molecule has 0 bridgehead atoms. The molecule has 2 aliphatic heterocycles. The predicted molar refractivity (Wildman–Crippen MR) is 157 cm³/mol. The van der Waals surface area contributed by atoms with Gasteiger partial charge in [0.15, 0.2) is 5.11 Å². The van der Waals surface area contributed by atoms with Crippen LogP contribution in [0.2, 0.25) is 0 Å². The maximum absolute atomic E-state index is 14.2. The van der Waals surface area contributed by atoms with Gasteiger partial charge in [0.05, 0.1) is 31.0 Å². The number of hydrogen-bond acceptors (Lipinski definition) is 4. The molecule has 2 aromatic heterocycles. The molecule has 0 saturated carbocycles. The summed E-state index contributed by atoms with van der Waals surface area (Å²) in [6.45, 7) is 9.42. The van der Waals surface area contributed by atoms with E-state index in [0.717, 1.165) is 60.3 Å². The van der Waals surface area contributed by atoms with Crippen molar-refractivity contribution in [1.29, 1.82) is 0 Å². The van der Waals surface area contributed by atoms with Crippen LogP contribution in [-0.4, -0.2) is 41.0 Å². The fourth-order valence-electron chi connectivity index (χ4n) is 5.85. The normalized spacial score (nSPS) is 19.4. The number of thiocarbonyl (C=S) groups is 1. The van der Waals surface area contributed by atoms with Crippen LogP contribution in [0.5, 0.6) is 0 Å². The first kappa shape index (κ1) is 25.5. The topological polar surface area (TPSA) is 45.6 Å². The molecule has 0 spiro atoms. The Morgan fingerprint density at radius 1 is 0.923 bits per heavy atom. The number of rotatable bonds is 5. The maximum atomic E-state index is 14.2. The molecule has 4 aromatic rings. The average Bonchev–Trinajstić information content (AvgIpc) is 3.46. The van der Waals surface area contributed by atoms with Crippen molar-refractivity contribution in [1.82, 2.24) is 14.9 Å². The predicted octanol–water partition coefficient (Wildman–Crippen LogP) is 5.95. The molecule has 0 aliphatic carbocycles. The highest BCUT2D eigenvalue weighted by Gasteiger charge is 2.42. The number of anilines is 2. The van der Waals surface area contributed by atoms with Crippen molar-refractivity contribution in [3.05, 3.63) is 107 Å². The van der Waals surface area contributed by atoms with Crippen molar-refractivity contribution in [3.63, 3.8) is 0 Å². The summed E-state index contributed by atoms with van der Waals surface area (Å²) in [4.78, 5) is 9.14. The minimum Gasteiger partial charge on any atom is -0.378 e. The van der Waals surface area contributed by atoms with E-state index in [-0.39, 0.29) is 17.9 Å². The highest BCUT2D eigenvalue weighted by atomic mass is 32.1. The zero-order valence-corrected chi connectivity index (χ0v) is 23.2. The summed E-state index contributed by atoms with van der Waals surface area (Å²) in [6, 6.07) is 21.8. The van der Waals surface area contributed by atoms with E-state index in [1.807, 2.05) is 24.3 Å². The first-order chi connectivity index (χ1) is 18.9. The molecule has 4 heterocycles. The van der Waals surface area contributed by atoms with Crippen molar-refractivity contribution in [2.24, 2.45) is 0 Å². The van der Waals surface area contributed by atoms with E-state index in [4.69, 9.17) is 17.0 Å². The van der Waals surface area contributed by atoms with Crippen LogP contribution in [0.4, 0.5) is 15.8 Å². The third-order valence-corrected chi connectivity index (χ3v) is 8.11. The monoisotopic (exact) mass is 541 g/mol. The van der Waals surface area contributed by atoms with Gasteiger partial charge >= 0.3 is 0 Å². The van der Waals surface area contributed by atoms with Crippen molar-refractivity contribution in [3.8, 4) is 5.69 Å². The summed E-state index contributed by atoms with van der Waals surface area (Å²) < 4.78 is 22.0. The Labute approximate surface area is 234 Å². The molecule has 0 unspecified atom stereocenters. The van der Waals surface area contributed by atoms with Gasteiger partial charge in [0, 0.05) is 47.7 Å². The summed E-state index contributed by atoms with van der Waals surface area (Å²) in [5, 5.41) is 4.12. The number of nitrogens with one attached hydrogen (secondary N) is 1. The fraction of sp³-hybridized carbons (Fsp3) is 0.290. The van der Waals surface area contributed by atoms with Gasteiger partial charge in [-0.25, -0.2) is 4.39 Å². The quantitative estimate of drug-likeness (QED) is 0.315. The Hall–Kier alpha value is -3.75. The van der Waals surface area contributed by atoms with E-state index in [2.05, 4.69) is 68.8 Å². The molecule has 2 fully saturated rings. The number of ether oxygens (including phenoxy) is 1. The van der Waals surface area contributed by atoms with E-state index in [1.165, 1.54) is 11.8 Å². The Bertz CT molecular complexity index is 1500. The first-order valence-electron chi connectivity index (χ1n) is 13.3. The number of halogens is 1. The molecule has 39 heavy (non-hydrogen) atoms. The molecule has 2 saturated heterocycles. The molecule has 200 valence electrons. The average molecular weight is 542 g/mol. The number of morpholine rings is 1. The molecule has 8 heteroatoms. The molecular weight excluding hydrogens is 509 g/mol. The maximum Gasteiger partial charge on any atom is 0.174 e. The lowest BCUT2D eigenvalue weighted by Crippen LogP contribution is -2.36. The lowest BCUT2D eigenvalue weighted by Gasteiger charge is -2.29. The Morgan fingerprint density at radius 2 is 1.64 bits per heavy atom. The lowest BCUT2D eigenvalue weighted by molar-refractivity contribution is 0.122. The highest BCUT2D eigenvalue weighted by molar-refractivity contribution is 7.80. The van der Waals surface area contributed by atoms with Crippen molar-refractivity contribution in [2.45, 2.75) is 32.9 Å². The minimum atomic E-state index is -0.228. The van der Waals surface area contributed by atoms with Crippen molar-refractivity contribution in [2.75, 3.05) is 36.1 Å². The Balaban J connectivity index is 1.42. The standard InChI is InChI=1S/C31H32FN5OS/c1-20-18-25(11-12-27(20)32)37-30(29(34-31(37)39)28-6-4-5-13-33-28)26-19-21(2)36(22(26)3)24-9-7-23(8-10-24)35-14-16-38-17-15-35/h4-13,18-19,29-30H,14-17H2,1-3H3,(H,34,39)/t29-,30-/m0/s1. The van der Waals surface area contributed by atoms with Gasteiger partial charge < -0.3 is 24.4 Å². The van der Waals surface area contributed by atoms with Crippen LogP contribution in [0, 0.1) is 26.6 Å². The number of hydrogen-bond donors (Lipinski definition) is 1. The van der Waals surface area contributed by atoms with Crippen LogP contribution < -0.4 is 15.1 Å². The highest BCUT2D eigenvalue weighted by Crippen LogP contribution is 2.44. The van der Waals surface area contributed by atoms with E-state index >= 15 is 0 Å². The SMILES string of the molecule is Cc1cc(N2C(=S)N[C@@H](c3ccccn3)[C@@H]2c2cc(C)n(-c3ccc(N4CCOCC4)cc3)c2C)ccc1F. The van der Waals surface area contributed by atoms with Crippen LogP contribution >= 0.6 is 12.2 Å². The molecule has 0 amide bonds. The number of aryl methyl sites for hydroxylation is 2. The molecular formula is C31H32FN5OS. The third-order valence-electron chi connectivity index (χ3n) is 7.79. The van der Waals surface area contributed by atoms with Crippen LogP contribution in [-0.2, 0) is 4.74 Å². The number of pyridine rings is 1. The molecule has 0 radical (unpaired) electrons. The minimum absolute atomic E-state index is 0.162. The van der Waals surface area contributed by atoms with E-state index in [9.17, 15) is 4.39 Å². The summed E-state index contributed by atoms with van der Waals surface area (Å²) in [5.41, 5.74) is 8.09. The summed E-state index contributed by atoms with van der Waals surface area (Å²) in [5.74, 6) is -0.228. The van der Waals surface area contributed by atoms with Crippen LogP contribution in [0.25, 0.3) is 5.69 Å². The zero-order chi connectivity index (χ0) is 27.1. The second-order valence-electron chi connectivity index (χ2n) is 10.2. The molecule has 2 atom stereocenters. The largest absolute Gasteiger partial charge is 0.378 e. The Morgan fingerprint density at radius 3 is 2.33 bits per heavy atom. The van der Waals surface area contributed by atoms with Crippen LogP contribution in [0.1, 0.15) is 40.3 Å². The molecule has 2 aromatic carbocycles. The number of aromatic nitrogens is 2. The second-order valence-corrected chi connectivity index (χ2v) is 10.6. The number of nitrogens with zero attached hydrogens (tertiary/aromatic N) is 4. The smallest absolute Gasteiger partial charge is 0.174 e. The van der Waals surface area contributed by atoms with Crippen LogP contribution in [0.3, 0.4) is 0 Å². The fourth-order valence-corrected chi connectivity index (χ4v) is 6.19. The van der Waals surface area contributed by atoms with Gasteiger partial charge in [-0.05, 0) is 105 Å². The van der Waals surface area contributed by atoms with E-state index in [1.54, 1.807) is 19.2 Å². The van der Waals surface area contributed by atoms with Crippen LogP contribution in [0.15, 0.2) is 72.9 Å². The third kappa shape index (κ3) is 4.68. The summed E-state index contributed by atoms with van der Waals surface area (Å²) in [7, 11) is 0. The van der Waals surface area contributed by atoms with Gasteiger partial charge in [-0.2, -0.15) is 0 Å². The van der Waals surface area contributed by atoms with Gasteiger partial charge in [-0.15, -0.1) is 0 Å². The van der Waals surface area contributed by atoms with Gasteiger partial charge in [0.1, 0.15) is 5.82 Å². The van der Waals surface area contributed by atoms with Gasteiger partial charge in [-0.3, -0.25) is 4.98 Å². The van der Waals surface area contributed by atoms with E-state index < -0.39 is 0 Å². The first-order valence-corrected chi connectivity index (χ1v) is 13.7. The van der Waals surface area contributed by atoms with Gasteiger partial charge in [0.2, 0.25) is 0 Å². The second kappa shape index (κ2) is 10.4. The molecule has 6 nitrogen and oxygen atoms in total. The van der Waals surface area contributed by atoms with Crippen molar-refractivity contribution >= 4 is 28.7 Å². The summed E-state index contributed by atoms with van der Waals surface area (Å²) >= 11 is 5.88. The summed E-state index contributed by atoms with van der Waals surface area (Å²) in [6.07, 6.45) is 1.81. The molecule has 2 aliphatic rings. The molecule has 1 N–H and O–H groups in total.